The molecule has 0 N–H and O–H groups in total. The van der Waals surface area contributed by atoms with Crippen molar-refractivity contribution in [3.05, 3.63) is 12.3 Å². The fourth-order valence-corrected chi connectivity index (χ4v) is 0.638. The molecule has 0 radical (unpaired) electrons. The van der Waals surface area contributed by atoms with Crippen LogP contribution in [0.5, 0.6) is 0 Å². The second-order valence-electron chi connectivity index (χ2n) is 2.14. The quantitative estimate of drug-likeness (QED) is 0.357. The SMILES string of the molecule is C=C(OC)C(=O)OC1COC(=O)O1. The van der Waals surface area contributed by atoms with Gasteiger partial charge < -0.3 is 18.9 Å². The van der Waals surface area contributed by atoms with Crippen LogP contribution in [-0.2, 0) is 23.7 Å². The van der Waals surface area contributed by atoms with Crippen LogP contribution in [0.3, 0.4) is 0 Å². The molecule has 1 atom stereocenters. The Bertz CT molecular complexity index is 245. The van der Waals surface area contributed by atoms with Crippen LogP contribution in [-0.4, -0.2) is 32.1 Å². The second kappa shape index (κ2) is 3.79. The Morgan fingerprint density at radius 3 is 2.85 bits per heavy atom. The molecule has 13 heavy (non-hydrogen) atoms. The first-order valence-electron chi connectivity index (χ1n) is 3.40. The molecule has 72 valence electrons. The van der Waals surface area contributed by atoms with E-state index in [2.05, 4.69) is 25.5 Å². The average Bonchev–Trinajstić information content (AvgIpc) is 2.49. The maximum absolute atomic E-state index is 10.9. The van der Waals surface area contributed by atoms with Crippen LogP contribution in [0.4, 0.5) is 4.79 Å². The number of carbonyl (C=O) groups is 2. The van der Waals surface area contributed by atoms with Crippen LogP contribution in [0, 0.1) is 0 Å². The van der Waals surface area contributed by atoms with E-state index in [0.29, 0.717) is 0 Å². The summed E-state index contributed by atoms with van der Waals surface area (Å²) in [7, 11) is 1.28. The Labute approximate surface area is 74.0 Å². The van der Waals surface area contributed by atoms with Gasteiger partial charge in [-0.15, -0.1) is 0 Å². The highest BCUT2D eigenvalue weighted by Gasteiger charge is 2.29. The zero-order chi connectivity index (χ0) is 9.84. The van der Waals surface area contributed by atoms with Gasteiger partial charge in [0.1, 0.15) is 0 Å². The summed E-state index contributed by atoms with van der Waals surface area (Å²) in [4.78, 5) is 21.3. The van der Waals surface area contributed by atoms with Crippen LogP contribution >= 0.6 is 0 Å². The van der Waals surface area contributed by atoms with E-state index >= 15 is 0 Å². The Kier molecular flexibility index (Phi) is 2.73. The minimum atomic E-state index is -1.01. The Balaban J connectivity index is 2.37. The van der Waals surface area contributed by atoms with Crippen molar-refractivity contribution in [1.29, 1.82) is 0 Å². The summed E-state index contributed by atoms with van der Waals surface area (Å²) in [6, 6.07) is 0. The van der Waals surface area contributed by atoms with Gasteiger partial charge in [-0.1, -0.05) is 0 Å². The summed E-state index contributed by atoms with van der Waals surface area (Å²) < 4.78 is 17.9. The van der Waals surface area contributed by atoms with E-state index in [1.165, 1.54) is 7.11 Å². The van der Waals surface area contributed by atoms with Crippen LogP contribution in [0.2, 0.25) is 0 Å². The lowest BCUT2D eigenvalue weighted by molar-refractivity contribution is -0.161. The van der Waals surface area contributed by atoms with E-state index in [1.807, 2.05) is 0 Å². The van der Waals surface area contributed by atoms with Crippen LogP contribution in [0.1, 0.15) is 0 Å². The highest BCUT2D eigenvalue weighted by Crippen LogP contribution is 2.09. The first-order chi connectivity index (χ1) is 6.13. The Morgan fingerprint density at radius 1 is 1.69 bits per heavy atom. The zero-order valence-electron chi connectivity index (χ0n) is 6.94. The molecule has 6 nitrogen and oxygen atoms in total. The predicted molar refractivity (Wildman–Crippen MR) is 38.5 cm³/mol. The van der Waals surface area contributed by atoms with Gasteiger partial charge in [0.15, 0.2) is 12.4 Å². The number of cyclic esters (lactones) is 2. The van der Waals surface area contributed by atoms with Crippen LogP contribution in [0.15, 0.2) is 12.3 Å². The molecule has 6 heteroatoms. The third kappa shape index (κ3) is 2.36. The molecule has 0 aromatic rings. The summed E-state index contributed by atoms with van der Waals surface area (Å²) in [5.74, 6) is -0.950. The van der Waals surface area contributed by atoms with Gasteiger partial charge in [-0.3, -0.25) is 0 Å². The number of esters is 1. The third-order valence-corrected chi connectivity index (χ3v) is 1.28. The lowest BCUT2D eigenvalue weighted by atomic mass is 10.5. The molecule has 0 bridgehead atoms. The first-order valence-corrected chi connectivity index (χ1v) is 3.40. The van der Waals surface area contributed by atoms with E-state index in [4.69, 9.17) is 0 Å². The highest BCUT2D eigenvalue weighted by molar-refractivity contribution is 5.85. The average molecular weight is 188 g/mol. The summed E-state index contributed by atoms with van der Waals surface area (Å²) in [6.45, 7) is 3.15. The van der Waals surface area contributed by atoms with Crippen molar-refractivity contribution in [2.75, 3.05) is 13.7 Å². The van der Waals surface area contributed by atoms with E-state index in [-0.39, 0.29) is 12.4 Å². The third-order valence-electron chi connectivity index (χ3n) is 1.28. The zero-order valence-corrected chi connectivity index (χ0v) is 6.94. The smallest absolute Gasteiger partial charge is 0.490 e. The lowest BCUT2D eigenvalue weighted by Crippen LogP contribution is -2.21. The Hall–Kier alpha value is -1.72. The van der Waals surface area contributed by atoms with Gasteiger partial charge in [0.05, 0.1) is 7.11 Å². The Morgan fingerprint density at radius 2 is 2.38 bits per heavy atom. The molecule has 0 spiro atoms. The van der Waals surface area contributed by atoms with Gasteiger partial charge in [-0.05, 0) is 6.58 Å². The molecule has 0 saturated carbocycles. The van der Waals surface area contributed by atoms with Crippen molar-refractivity contribution in [2.24, 2.45) is 0 Å². The molecule has 1 aliphatic heterocycles. The fraction of sp³-hybridized carbons (Fsp3) is 0.429. The lowest BCUT2D eigenvalue weighted by Gasteiger charge is -2.08. The maximum atomic E-state index is 10.9. The first kappa shape index (κ1) is 9.37. The molecule has 1 saturated heterocycles. The molecule has 0 aromatic carbocycles. The van der Waals surface area contributed by atoms with E-state index in [1.54, 1.807) is 0 Å². The van der Waals surface area contributed by atoms with Crippen LogP contribution < -0.4 is 0 Å². The van der Waals surface area contributed by atoms with Gasteiger partial charge in [-0.25, -0.2) is 9.59 Å². The second-order valence-corrected chi connectivity index (χ2v) is 2.14. The standard InChI is InChI=1S/C7H8O6/c1-4(10-2)6(8)12-5-3-11-7(9)13-5/h5H,1,3H2,2H3. The van der Waals surface area contributed by atoms with Gasteiger partial charge in [0, 0.05) is 0 Å². The van der Waals surface area contributed by atoms with E-state index < -0.39 is 18.4 Å². The minimum Gasteiger partial charge on any atom is -0.490 e. The number of hydrogen-bond acceptors (Lipinski definition) is 6. The highest BCUT2D eigenvalue weighted by atomic mass is 16.8. The van der Waals surface area contributed by atoms with E-state index in [9.17, 15) is 9.59 Å². The molecule has 1 aliphatic rings. The minimum absolute atomic E-state index is 0.110. The topological polar surface area (TPSA) is 71.1 Å². The molecule has 1 unspecified atom stereocenters. The van der Waals surface area contributed by atoms with E-state index in [0.717, 1.165) is 0 Å². The molecule has 0 amide bonds. The number of ether oxygens (including phenoxy) is 4. The van der Waals surface area contributed by atoms with Crippen molar-refractivity contribution >= 4 is 12.1 Å². The fourth-order valence-electron chi connectivity index (χ4n) is 0.638. The summed E-state index contributed by atoms with van der Waals surface area (Å²) in [6.07, 6.45) is -1.87. The van der Waals surface area contributed by atoms with Gasteiger partial charge >= 0.3 is 12.1 Å². The van der Waals surface area contributed by atoms with Crippen molar-refractivity contribution in [3.8, 4) is 0 Å². The van der Waals surface area contributed by atoms with Crippen LogP contribution in [0.25, 0.3) is 0 Å². The molecule has 0 aliphatic carbocycles. The molecule has 1 fully saturated rings. The molecule has 1 rings (SSSR count). The molecule has 0 aromatic heterocycles. The monoisotopic (exact) mass is 188 g/mol. The number of carbonyl (C=O) groups excluding carboxylic acids is 2. The van der Waals surface area contributed by atoms with Crippen molar-refractivity contribution in [1.82, 2.24) is 0 Å². The summed E-state index contributed by atoms with van der Waals surface area (Å²) in [5, 5.41) is 0. The van der Waals surface area contributed by atoms with Gasteiger partial charge in [-0.2, -0.15) is 0 Å². The normalized spacial score (nSPS) is 20.1. The summed E-state index contributed by atoms with van der Waals surface area (Å²) in [5.41, 5.74) is 0. The summed E-state index contributed by atoms with van der Waals surface area (Å²) >= 11 is 0. The van der Waals surface area contributed by atoms with Gasteiger partial charge in [0.2, 0.25) is 0 Å². The molecular formula is C7H8O6. The molecular weight excluding hydrogens is 180 g/mol. The van der Waals surface area contributed by atoms with Crippen molar-refractivity contribution < 1.29 is 28.5 Å². The predicted octanol–water partition coefficient (Wildman–Crippen LogP) is 0.183. The largest absolute Gasteiger partial charge is 0.511 e. The number of rotatable bonds is 3. The van der Waals surface area contributed by atoms with Gasteiger partial charge in [0.25, 0.3) is 6.29 Å². The molecule has 1 heterocycles. The maximum Gasteiger partial charge on any atom is 0.511 e. The van der Waals surface area contributed by atoms with Crippen molar-refractivity contribution in [3.63, 3.8) is 0 Å². The number of methoxy groups -OCH3 is 1. The van der Waals surface area contributed by atoms with Crippen molar-refractivity contribution in [2.45, 2.75) is 6.29 Å². The number of hydrogen-bond donors (Lipinski definition) is 0.